The Labute approximate surface area is 225 Å². The van der Waals surface area contributed by atoms with Crippen molar-refractivity contribution in [2.75, 3.05) is 0 Å². The van der Waals surface area contributed by atoms with E-state index in [4.69, 9.17) is 11.5 Å². The van der Waals surface area contributed by atoms with Gasteiger partial charge in [0.05, 0.1) is 24.5 Å². The van der Waals surface area contributed by atoms with Crippen LogP contribution in [0.3, 0.4) is 0 Å². The van der Waals surface area contributed by atoms with Gasteiger partial charge in [-0.2, -0.15) is 0 Å². The van der Waals surface area contributed by atoms with Crippen molar-refractivity contribution in [1.82, 2.24) is 19.8 Å². The van der Waals surface area contributed by atoms with Crippen molar-refractivity contribution in [3.8, 4) is 11.5 Å². The van der Waals surface area contributed by atoms with Crippen molar-refractivity contribution in [3.63, 3.8) is 0 Å². The molecule has 2 aromatic rings. The molecule has 2 aromatic heterocycles. The highest BCUT2D eigenvalue weighted by Crippen LogP contribution is 2.23. The Kier molecular flexibility index (Phi) is 10.4. The highest BCUT2D eigenvalue weighted by Gasteiger charge is 2.27. The van der Waals surface area contributed by atoms with Gasteiger partial charge in [-0.3, -0.25) is 24.0 Å². The van der Waals surface area contributed by atoms with Crippen LogP contribution in [0.1, 0.15) is 61.3 Å². The van der Waals surface area contributed by atoms with Gasteiger partial charge < -0.3 is 41.4 Å². The second-order valence-electron chi connectivity index (χ2n) is 9.89. The molecule has 0 aromatic carbocycles. The number of primary amides is 1. The summed E-state index contributed by atoms with van der Waals surface area (Å²) in [5.41, 5.74) is 11.4. The summed E-state index contributed by atoms with van der Waals surface area (Å²) in [5, 5.41) is 25.5. The number of pyridine rings is 2. The Morgan fingerprint density at radius 1 is 0.795 bits per heavy atom. The highest BCUT2D eigenvalue weighted by atomic mass is 16.3. The molecule has 0 saturated heterocycles. The first-order chi connectivity index (χ1) is 18.1. The number of nitrogens with one attached hydrogen (secondary N) is 2. The minimum Gasteiger partial charge on any atom is -0.503 e. The van der Waals surface area contributed by atoms with E-state index < -0.39 is 45.6 Å². The Balaban J connectivity index is 1.99. The van der Waals surface area contributed by atoms with Gasteiger partial charge in [0.25, 0.3) is 0 Å². The summed E-state index contributed by atoms with van der Waals surface area (Å²) in [5.74, 6) is -2.23. The SMILES string of the molecule is Cc1cc(=O)c(O)c(CNC(=O)CCC(N)(CCC(N)=O)CCC(=O)NCc2c(O)c(=O)cc(C)n2C)n1C. The lowest BCUT2D eigenvalue weighted by molar-refractivity contribution is -0.121. The molecule has 214 valence electrons. The van der Waals surface area contributed by atoms with Gasteiger partial charge in [0.15, 0.2) is 11.5 Å². The summed E-state index contributed by atoms with van der Waals surface area (Å²) in [6.45, 7) is 3.25. The van der Waals surface area contributed by atoms with E-state index in [9.17, 15) is 34.2 Å². The van der Waals surface area contributed by atoms with E-state index in [0.29, 0.717) is 11.4 Å². The molecule has 2 rings (SSSR count). The molecule has 0 aliphatic carbocycles. The second-order valence-corrected chi connectivity index (χ2v) is 9.89. The van der Waals surface area contributed by atoms with E-state index in [1.807, 2.05) is 0 Å². The van der Waals surface area contributed by atoms with Crippen molar-refractivity contribution >= 4 is 17.7 Å². The molecular weight excluding hydrogens is 508 g/mol. The quantitative estimate of drug-likeness (QED) is 0.193. The van der Waals surface area contributed by atoms with E-state index in [1.54, 1.807) is 37.1 Å². The number of aromatic hydroxyl groups is 2. The number of aryl methyl sites for hydroxylation is 2. The van der Waals surface area contributed by atoms with Gasteiger partial charge in [-0.15, -0.1) is 0 Å². The first kappa shape index (κ1) is 31.1. The summed E-state index contributed by atoms with van der Waals surface area (Å²) in [6, 6.07) is 2.59. The van der Waals surface area contributed by atoms with Crippen molar-refractivity contribution in [3.05, 3.63) is 55.4 Å². The zero-order valence-corrected chi connectivity index (χ0v) is 22.8. The fourth-order valence-corrected chi connectivity index (χ4v) is 4.16. The molecule has 0 atom stereocenters. The Hall–Kier alpha value is -4.13. The van der Waals surface area contributed by atoms with Crippen LogP contribution in [-0.2, 0) is 41.6 Å². The molecule has 0 aliphatic rings. The fraction of sp³-hybridized carbons (Fsp3) is 0.500. The van der Waals surface area contributed by atoms with E-state index in [2.05, 4.69) is 10.6 Å². The number of carbonyl (C=O) groups excluding carboxylic acids is 3. The van der Waals surface area contributed by atoms with Gasteiger partial charge >= 0.3 is 0 Å². The molecule has 39 heavy (non-hydrogen) atoms. The number of amides is 3. The summed E-state index contributed by atoms with van der Waals surface area (Å²) < 4.78 is 3.20. The van der Waals surface area contributed by atoms with E-state index >= 15 is 0 Å². The van der Waals surface area contributed by atoms with Crippen molar-refractivity contribution < 1.29 is 24.6 Å². The van der Waals surface area contributed by atoms with Crippen LogP contribution in [0.4, 0.5) is 0 Å². The van der Waals surface area contributed by atoms with Gasteiger partial charge in [0.1, 0.15) is 0 Å². The number of carbonyl (C=O) groups is 3. The second kappa shape index (κ2) is 13.1. The van der Waals surface area contributed by atoms with Crippen LogP contribution in [0.5, 0.6) is 11.5 Å². The molecule has 13 nitrogen and oxygen atoms in total. The predicted molar refractivity (Wildman–Crippen MR) is 144 cm³/mol. The largest absolute Gasteiger partial charge is 0.503 e. The summed E-state index contributed by atoms with van der Waals surface area (Å²) >= 11 is 0. The maximum Gasteiger partial charge on any atom is 0.223 e. The first-order valence-corrected chi connectivity index (χ1v) is 12.5. The zero-order valence-electron chi connectivity index (χ0n) is 22.8. The lowest BCUT2D eigenvalue weighted by Gasteiger charge is -2.29. The lowest BCUT2D eigenvalue weighted by Crippen LogP contribution is -2.43. The van der Waals surface area contributed by atoms with Crippen LogP contribution in [0, 0.1) is 13.8 Å². The Morgan fingerprint density at radius 3 is 1.51 bits per heavy atom. The minimum atomic E-state index is -1.06. The van der Waals surface area contributed by atoms with Crippen LogP contribution in [0.15, 0.2) is 21.7 Å². The number of nitrogens with two attached hydrogens (primary N) is 2. The standard InChI is InChI=1S/C26H38N6O7/c1-15-11-19(33)24(38)17(31(15)3)13-29-22(36)6-9-26(28,8-5-21(27)35)10-7-23(37)30-14-18-25(39)20(34)12-16(2)32(18)4/h11-12,38-39H,5-10,13-14,28H2,1-4H3,(H2,27,35)(H,29,36)(H,30,37). The summed E-state index contributed by atoms with van der Waals surface area (Å²) in [6.07, 6.45) is 0.353. The molecule has 3 amide bonds. The maximum atomic E-state index is 12.6. The van der Waals surface area contributed by atoms with Gasteiger partial charge in [-0.1, -0.05) is 0 Å². The maximum absolute atomic E-state index is 12.6. The highest BCUT2D eigenvalue weighted by molar-refractivity contribution is 5.77. The number of hydrogen-bond donors (Lipinski definition) is 6. The molecule has 0 aliphatic heterocycles. The number of nitrogens with zero attached hydrogens (tertiary/aromatic N) is 2. The average molecular weight is 547 g/mol. The third kappa shape index (κ3) is 8.43. The normalized spacial score (nSPS) is 11.3. The van der Waals surface area contributed by atoms with Crippen molar-refractivity contribution in [2.24, 2.45) is 25.6 Å². The molecule has 13 heteroatoms. The molecule has 0 fully saturated rings. The smallest absolute Gasteiger partial charge is 0.223 e. The lowest BCUT2D eigenvalue weighted by atomic mass is 9.84. The number of aromatic nitrogens is 2. The first-order valence-electron chi connectivity index (χ1n) is 12.5. The molecule has 2 heterocycles. The zero-order chi connectivity index (χ0) is 29.5. The Morgan fingerprint density at radius 2 is 1.15 bits per heavy atom. The van der Waals surface area contributed by atoms with Crippen molar-refractivity contribution in [1.29, 1.82) is 0 Å². The molecular formula is C26H38N6O7. The number of hydrogen-bond acceptors (Lipinski definition) is 8. The Bertz CT molecular complexity index is 1270. The third-order valence-electron chi connectivity index (χ3n) is 7.04. The molecule has 8 N–H and O–H groups in total. The van der Waals surface area contributed by atoms with Crippen LogP contribution in [0.25, 0.3) is 0 Å². The van der Waals surface area contributed by atoms with Crippen LogP contribution >= 0.6 is 0 Å². The van der Waals surface area contributed by atoms with Crippen LogP contribution in [0.2, 0.25) is 0 Å². The van der Waals surface area contributed by atoms with Gasteiger partial charge in [-0.05, 0) is 33.1 Å². The van der Waals surface area contributed by atoms with Gasteiger partial charge in [0.2, 0.25) is 28.6 Å². The monoisotopic (exact) mass is 546 g/mol. The van der Waals surface area contributed by atoms with Crippen molar-refractivity contribution in [2.45, 2.75) is 71.0 Å². The third-order valence-corrected chi connectivity index (χ3v) is 7.04. The average Bonchev–Trinajstić information content (AvgIpc) is 2.87. The van der Waals surface area contributed by atoms with Crippen LogP contribution < -0.4 is 33.0 Å². The summed E-state index contributed by atoms with van der Waals surface area (Å²) in [7, 11) is 3.32. The molecule has 0 spiro atoms. The molecule has 0 saturated carbocycles. The summed E-state index contributed by atoms with van der Waals surface area (Å²) in [4.78, 5) is 60.2. The molecule has 0 bridgehead atoms. The van der Waals surface area contributed by atoms with Gasteiger partial charge in [-0.25, -0.2) is 0 Å². The minimum absolute atomic E-state index is 0.0295. The molecule has 0 radical (unpaired) electrons. The molecule has 0 unspecified atom stereocenters. The van der Waals surface area contributed by atoms with E-state index in [1.165, 1.54) is 12.1 Å². The van der Waals surface area contributed by atoms with E-state index in [-0.39, 0.29) is 63.0 Å². The predicted octanol–water partition coefficient (Wildman–Crippen LogP) is -0.432. The van der Waals surface area contributed by atoms with Crippen LogP contribution in [-0.4, -0.2) is 42.6 Å². The van der Waals surface area contributed by atoms with Gasteiger partial charge in [0, 0.05) is 62.4 Å². The topological polar surface area (TPSA) is 212 Å². The fourth-order valence-electron chi connectivity index (χ4n) is 4.16. The number of rotatable bonds is 13. The van der Waals surface area contributed by atoms with E-state index in [0.717, 1.165) is 0 Å².